The summed E-state index contributed by atoms with van der Waals surface area (Å²) in [4.78, 5) is 29.8. The van der Waals surface area contributed by atoms with Crippen molar-refractivity contribution in [2.75, 3.05) is 20.1 Å². The van der Waals surface area contributed by atoms with Gasteiger partial charge in [0.15, 0.2) is 0 Å². The summed E-state index contributed by atoms with van der Waals surface area (Å²) in [5.74, 6) is -0.126. The topological polar surface area (TPSA) is 62.3 Å². The van der Waals surface area contributed by atoms with E-state index in [0.717, 1.165) is 44.9 Å². The van der Waals surface area contributed by atoms with Crippen LogP contribution < -0.4 is 5.32 Å². The second kappa shape index (κ2) is 20.4. The van der Waals surface area contributed by atoms with E-state index >= 15 is 0 Å². The summed E-state index contributed by atoms with van der Waals surface area (Å²) in [7, 11) is 1.71. The normalized spacial score (nSPS) is 12.1. The molecule has 0 aliphatic heterocycles. The van der Waals surface area contributed by atoms with Gasteiger partial charge in [0, 0.05) is 32.8 Å². The summed E-state index contributed by atoms with van der Waals surface area (Å²) < 4.78 is 0. The van der Waals surface area contributed by atoms with Gasteiger partial charge >= 0.3 is 0 Å². The molecule has 0 aliphatic carbocycles. The van der Waals surface area contributed by atoms with Crippen LogP contribution in [0.2, 0.25) is 0 Å². The van der Waals surface area contributed by atoms with Gasteiger partial charge in [0.25, 0.3) is 5.91 Å². The lowest BCUT2D eigenvalue weighted by atomic mass is 10.2. The molecule has 1 rings (SSSR count). The number of rotatable bonds is 17. The largest absolute Gasteiger partial charge is 0.354 e. The summed E-state index contributed by atoms with van der Waals surface area (Å²) in [5, 5.41) is 2.87. The maximum Gasteiger partial charge on any atom is 0.272 e. The molecule has 0 aromatic carbocycles. The number of allylic oxidation sites excluding steroid dienone is 10. The maximum absolute atomic E-state index is 12.2. The lowest BCUT2D eigenvalue weighted by Crippen LogP contribution is -2.36. The summed E-state index contributed by atoms with van der Waals surface area (Å²) >= 11 is 0. The number of carbonyl (C=O) groups is 2. The van der Waals surface area contributed by atoms with E-state index in [4.69, 9.17) is 0 Å². The summed E-state index contributed by atoms with van der Waals surface area (Å²) in [5.41, 5.74) is 0.411. The standard InChI is InChI=1S/C29H41N3O2/c1-3-4-5-6-7-8-9-10-11-12-13-14-15-16-17-18-19-23-28(33)31-25-26-32(2)29(34)27-22-20-21-24-30-27/h4-5,7-8,10-11,13-14,16-17,20-22,24H,3,6,9,12,15,18-19,23,25-26H2,1-2H3,(H,31,33). The highest BCUT2D eigenvalue weighted by molar-refractivity contribution is 5.92. The molecular formula is C29H41N3O2. The Balaban J connectivity index is 2.00. The zero-order valence-corrected chi connectivity index (χ0v) is 20.9. The summed E-state index contributed by atoms with van der Waals surface area (Å²) in [6.45, 7) is 3.04. The summed E-state index contributed by atoms with van der Waals surface area (Å²) in [6, 6.07) is 5.25. The van der Waals surface area contributed by atoms with E-state index in [9.17, 15) is 9.59 Å². The van der Waals surface area contributed by atoms with Crippen LogP contribution in [0.25, 0.3) is 0 Å². The first-order chi connectivity index (χ1) is 16.6. The quantitative estimate of drug-likeness (QED) is 0.221. The molecule has 0 saturated carbocycles. The van der Waals surface area contributed by atoms with E-state index in [-0.39, 0.29) is 11.8 Å². The number of hydrogen-bond acceptors (Lipinski definition) is 3. The Labute approximate surface area is 206 Å². The van der Waals surface area contributed by atoms with Gasteiger partial charge in [0.05, 0.1) is 0 Å². The molecule has 184 valence electrons. The van der Waals surface area contributed by atoms with Crippen LogP contribution in [0.4, 0.5) is 0 Å². The predicted octanol–water partition coefficient (Wildman–Crippen LogP) is 6.19. The van der Waals surface area contributed by atoms with E-state index in [1.54, 1.807) is 36.3 Å². The molecule has 0 unspecified atom stereocenters. The van der Waals surface area contributed by atoms with E-state index in [2.05, 4.69) is 78.0 Å². The van der Waals surface area contributed by atoms with Crippen LogP contribution in [0.15, 0.2) is 85.2 Å². The fraction of sp³-hybridized carbons (Fsp3) is 0.414. The van der Waals surface area contributed by atoms with Crippen LogP contribution in [0.1, 0.15) is 68.8 Å². The third-order valence-corrected chi connectivity index (χ3v) is 4.93. The van der Waals surface area contributed by atoms with E-state index < -0.39 is 0 Å². The van der Waals surface area contributed by atoms with Crippen LogP contribution in [0.3, 0.4) is 0 Å². The average Bonchev–Trinajstić information content (AvgIpc) is 2.86. The highest BCUT2D eigenvalue weighted by atomic mass is 16.2. The number of likely N-dealkylation sites (N-methyl/N-ethyl adjacent to an activating group) is 1. The molecule has 1 aromatic rings. The van der Waals surface area contributed by atoms with Crippen LogP contribution >= 0.6 is 0 Å². The zero-order valence-electron chi connectivity index (χ0n) is 20.9. The van der Waals surface area contributed by atoms with Gasteiger partial charge in [-0.1, -0.05) is 73.8 Å². The van der Waals surface area contributed by atoms with Crippen molar-refractivity contribution in [2.45, 2.75) is 58.3 Å². The first-order valence-corrected chi connectivity index (χ1v) is 12.3. The van der Waals surface area contributed by atoms with Crippen molar-refractivity contribution in [3.05, 3.63) is 90.9 Å². The van der Waals surface area contributed by atoms with Gasteiger partial charge in [-0.05, 0) is 57.1 Å². The Morgan fingerprint density at radius 1 is 0.882 bits per heavy atom. The van der Waals surface area contributed by atoms with E-state index in [1.165, 1.54) is 0 Å². The molecule has 0 bridgehead atoms. The van der Waals surface area contributed by atoms with Gasteiger partial charge in [-0.25, -0.2) is 0 Å². The second-order valence-electron chi connectivity index (χ2n) is 7.89. The number of hydrogen-bond donors (Lipinski definition) is 1. The van der Waals surface area contributed by atoms with Crippen LogP contribution in [-0.4, -0.2) is 41.8 Å². The van der Waals surface area contributed by atoms with Crippen molar-refractivity contribution in [3.63, 3.8) is 0 Å². The van der Waals surface area contributed by atoms with Gasteiger partial charge in [0.1, 0.15) is 5.69 Å². The number of aromatic nitrogens is 1. The molecule has 5 heteroatoms. The maximum atomic E-state index is 12.2. The first-order valence-electron chi connectivity index (χ1n) is 12.3. The van der Waals surface area contributed by atoms with Gasteiger partial charge in [-0.2, -0.15) is 0 Å². The Morgan fingerprint density at radius 2 is 1.47 bits per heavy atom. The third-order valence-electron chi connectivity index (χ3n) is 4.93. The Hall–Kier alpha value is -3.21. The minimum Gasteiger partial charge on any atom is -0.354 e. The zero-order chi connectivity index (χ0) is 24.7. The predicted molar refractivity (Wildman–Crippen MR) is 143 cm³/mol. The molecule has 0 spiro atoms. The Morgan fingerprint density at radius 3 is 2.03 bits per heavy atom. The molecule has 1 heterocycles. The average molecular weight is 464 g/mol. The monoisotopic (exact) mass is 463 g/mol. The molecule has 0 saturated heterocycles. The Kier molecular flexibility index (Phi) is 17.3. The highest BCUT2D eigenvalue weighted by Gasteiger charge is 2.12. The lowest BCUT2D eigenvalue weighted by molar-refractivity contribution is -0.121. The lowest BCUT2D eigenvalue weighted by Gasteiger charge is -2.16. The number of nitrogens with zero attached hydrogens (tertiary/aromatic N) is 2. The summed E-state index contributed by atoms with van der Waals surface area (Å²) in [6.07, 6.45) is 30.6. The minimum absolute atomic E-state index is 0.0195. The fourth-order valence-electron chi connectivity index (χ4n) is 2.99. The molecule has 0 radical (unpaired) electrons. The third kappa shape index (κ3) is 15.6. The minimum atomic E-state index is -0.145. The molecule has 2 amide bonds. The van der Waals surface area contributed by atoms with Gasteiger partial charge < -0.3 is 10.2 Å². The number of carbonyl (C=O) groups excluding carboxylic acids is 2. The molecular weight excluding hydrogens is 422 g/mol. The molecule has 1 N–H and O–H groups in total. The number of amides is 2. The molecule has 0 aliphatic rings. The SMILES string of the molecule is CCC=CCC=CCC=CCC=CCC=CCCCC(=O)NCCN(C)C(=O)c1ccccn1. The fourth-order valence-corrected chi connectivity index (χ4v) is 2.99. The van der Waals surface area contributed by atoms with Gasteiger partial charge in [-0.3, -0.25) is 14.6 Å². The highest BCUT2D eigenvalue weighted by Crippen LogP contribution is 2.01. The second-order valence-corrected chi connectivity index (χ2v) is 7.89. The molecule has 0 atom stereocenters. The van der Waals surface area contributed by atoms with Gasteiger partial charge in [-0.15, -0.1) is 0 Å². The first kappa shape index (κ1) is 28.8. The van der Waals surface area contributed by atoms with Gasteiger partial charge in [0.2, 0.25) is 5.91 Å². The molecule has 34 heavy (non-hydrogen) atoms. The van der Waals surface area contributed by atoms with E-state index in [0.29, 0.717) is 25.2 Å². The molecule has 5 nitrogen and oxygen atoms in total. The van der Waals surface area contributed by atoms with Crippen LogP contribution in [0, 0.1) is 0 Å². The smallest absolute Gasteiger partial charge is 0.272 e. The Bertz CT molecular complexity index is 823. The number of unbranched alkanes of at least 4 members (excludes halogenated alkanes) is 1. The number of pyridine rings is 1. The van der Waals surface area contributed by atoms with Crippen LogP contribution in [-0.2, 0) is 4.79 Å². The van der Waals surface area contributed by atoms with Crippen molar-refractivity contribution in [1.82, 2.24) is 15.2 Å². The molecule has 0 fully saturated rings. The van der Waals surface area contributed by atoms with Crippen molar-refractivity contribution in [1.29, 1.82) is 0 Å². The van der Waals surface area contributed by atoms with Crippen LogP contribution in [0.5, 0.6) is 0 Å². The van der Waals surface area contributed by atoms with Crippen molar-refractivity contribution < 1.29 is 9.59 Å². The number of nitrogens with one attached hydrogen (secondary N) is 1. The molecule has 1 aromatic heterocycles. The van der Waals surface area contributed by atoms with E-state index in [1.807, 2.05) is 0 Å². The van der Waals surface area contributed by atoms with Crippen molar-refractivity contribution in [3.8, 4) is 0 Å². The van der Waals surface area contributed by atoms with Crippen molar-refractivity contribution >= 4 is 11.8 Å². The van der Waals surface area contributed by atoms with Crippen molar-refractivity contribution in [2.24, 2.45) is 0 Å².